The van der Waals surface area contributed by atoms with E-state index in [-0.39, 0.29) is 24.9 Å². The van der Waals surface area contributed by atoms with Crippen molar-refractivity contribution in [2.45, 2.75) is 39.7 Å². The van der Waals surface area contributed by atoms with E-state index >= 15 is 0 Å². The molecule has 146 valence electrons. The third-order valence-electron chi connectivity index (χ3n) is 4.50. The van der Waals surface area contributed by atoms with Gasteiger partial charge in [-0.2, -0.15) is 0 Å². The van der Waals surface area contributed by atoms with Crippen molar-refractivity contribution in [2.75, 3.05) is 17.1 Å². The Bertz CT molecular complexity index is 877. The summed E-state index contributed by atoms with van der Waals surface area (Å²) in [4.78, 5) is 12.2. The zero-order valence-electron chi connectivity index (χ0n) is 16.4. The van der Waals surface area contributed by atoms with Crippen LogP contribution in [0.15, 0.2) is 48.5 Å². The van der Waals surface area contributed by atoms with E-state index in [1.807, 2.05) is 63.2 Å². The summed E-state index contributed by atoms with van der Waals surface area (Å²) in [7, 11) is -3.41. The molecule has 6 heteroatoms. The number of anilines is 1. The van der Waals surface area contributed by atoms with Crippen LogP contribution in [0.1, 0.15) is 42.5 Å². The molecule has 0 unspecified atom stereocenters. The average Bonchev–Trinajstić information content (AvgIpc) is 2.59. The van der Waals surface area contributed by atoms with E-state index in [4.69, 9.17) is 0 Å². The Labute approximate surface area is 162 Å². The average molecular weight is 389 g/mol. The molecule has 1 N–H and O–H groups in total. The molecule has 2 rings (SSSR count). The molecule has 0 saturated heterocycles. The van der Waals surface area contributed by atoms with Gasteiger partial charge in [0.25, 0.3) is 0 Å². The number of nitrogens with one attached hydrogen (secondary N) is 1. The smallest absolute Gasteiger partial charge is 0.232 e. The summed E-state index contributed by atoms with van der Waals surface area (Å²) in [6.07, 6.45) is 1.92. The van der Waals surface area contributed by atoms with Crippen LogP contribution in [0.3, 0.4) is 0 Å². The lowest BCUT2D eigenvalue weighted by atomic mass is 10.1. The summed E-state index contributed by atoms with van der Waals surface area (Å²) in [6.45, 7) is 6.12. The summed E-state index contributed by atoms with van der Waals surface area (Å²) in [6, 6.07) is 15.3. The van der Waals surface area contributed by atoms with Gasteiger partial charge in [-0.05, 0) is 44.4 Å². The van der Waals surface area contributed by atoms with Gasteiger partial charge >= 0.3 is 0 Å². The molecule has 2 aromatic carbocycles. The summed E-state index contributed by atoms with van der Waals surface area (Å²) in [5.41, 5.74) is 3.77. The second-order valence-corrected chi connectivity index (χ2v) is 8.83. The molecule has 1 atom stereocenters. The number of amides is 1. The third-order valence-corrected chi connectivity index (χ3v) is 5.68. The van der Waals surface area contributed by atoms with Crippen molar-refractivity contribution in [3.05, 3.63) is 65.2 Å². The molecule has 0 aliphatic rings. The Morgan fingerprint density at radius 1 is 1.07 bits per heavy atom. The van der Waals surface area contributed by atoms with Crippen LogP contribution in [0.4, 0.5) is 5.69 Å². The topological polar surface area (TPSA) is 66.5 Å². The minimum absolute atomic E-state index is 0.0821. The van der Waals surface area contributed by atoms with Crippen molar-refractivity contribution >= 4 is 21.6 Å². The number of para-hydroxylation sites is 1. The highest BCUT2D eigenvalue weighted by Crippen LogP contribution is 2.22. The Hall–Kier alpha value is -2.34. The quantitative estimate of drug-likeness (QED) is 0.749. The van der Waals surface area contributed by atoms with E-state index in [9.17, 15) is 13.2 Å². The minimum Gasteiger partial charge on any atom is -0.350 e. The fourth-order valence-electron chi connectivity index (χ4n) is 2.94. The van der Waals surface area contributed by atoms with Crippen LogP contribution in [0.5, 0.6) is 0 Å². The molecule has 0 aromatic heterocycles. The third kappa shape index (κ3) is 6.10. The molecule has 0 radical (unpaired) electrons. The van der Waals surface area contributed by atoms with Crippen LogP contribution in [-0.4, -0.2) is 27.1 Å². The maximum absolute atomic E-state index is 12.2. The van der Waals surface area contributed by atoms with Crippen LogP contribution in [0, 0.1) is 13.8 Å². The van der Waals surface area contributed by atoms with Crippen LogP contribution in [0.2, 0.25) is 0 Å². The van der Waals surface area contributed by atoms with Gasteiger partial charge in [0.05, 0.1) is 18.0 Å². The Morgan fingerprint density at radius 2 is 1.70 bits per heavy atom. The van der Waals surface area contributed by atoms with Crippen molar-refractivity contribution in [3.63, 3.8) is 0 Å². The SMILES string of the molecule is Cc1ccc([C@@H](C)NC(=O)CCCN(c2ccccc2C)S(C)(=O)=O)cc1. The Balaban J connectivity index is 1.93. The van der Waals surface area contributed by atoms with Crippen molar-refractivity contribution in [1.82, 2.24) is 5.32 Å². The molecule has 0 aliphatic carbocycles. The molecule has 0 spiro atoms. The van der Waals surface area contributed by atoms with Crippen LogP contribution < -0.4 is 9.62 Å². The fraction of sp³-hybridized carbons (Fsp3) is 0.381. The van der Waals surface area contributed by atoms with E-state index in [2.05, 4.69) is 5.32 Å². The van der Waals surface area contributed by atoms with Crippen LogP contribution >= 0.6 is 0 Å². The van der Waals surface area contributed by atoms with Crippen LogP contribution in [-0.2, 0) is 14.8 Å². The zero-order valence-corrected chi connectivity index (χ0v) is 17.2. The van der Waals surface area contributed by atoms with Gasteiger partial charge in [0, 0.05) is 13.0 Å². The molecule has 0 aliphatic heterocycles. The summed E-state index contributed by atoms with van der Waals surface area (Å²) >= 11 is 0. The predicted octanol–water partition coefficient (Wildman–Crippen LogP) is 3.73. The van der Waals surface area contributed by atoms with E-state index in [1.54, 1.807) is 6.07 Å². The molecule has 27 heavy (non-hydrogen) atoms. The highest BCUT2D eigenvalue weighted by atomic mass is 32.2. The number of hydrogen-bond donors (Lipinski definition) is 1. The molecule has 1 amide bonds. The second kappa shape index (κ2) is 9.04. The van der Waals surface area contributed by atoms with E-state index in [0.717, 1.165) is 11.1 Å². The maximum Gasteiger partial charge on any atom is 0.232 e. The van der Waals surface area contributed by atoms with E-state index < -0.39 is 10.0 Å². The first-order chi connectivity index (χ1) is 12.7. The minimum atomic E-state index is -3.41. The fourth-order valence-corrected chi connectivity index (χ4v) is 3.97. The summed E-state index contributed by atoms with van der Waals surface area (Å²) in [5.74, 6) is -0.0821. The first kappa shape index (κ1) is 21.0. The highest BCUT2D eigenvalue weighted by Gasteiger charge is 2.19. The van der Waals surface area contributed by atoms with Crippen molar-refractivity contribution in [3.8, 4) is 0 Å². The largest absolute Gasteiger partial charge is 0.350 e. The number of benzene rings is 2. The molecule has 2 aromatic rings. The number of hydrogen-bond acceptors (Lipinski definition) is 3. The van der Waals surface area contributed by atoms with E-state index in [1.165, 1.54) is 16.1 Å². The van der Waals surface area contributed by atoms with Gasteiger partial charge < -0.3 is 5.32 Å². The molecule has 5 nitrogen and oxygen atoms in total. The van der Waals surface area contributed by atoms with Gasteiger partial charge in [-0.15, -0.1) is 0 Å². The van der Waals surface area contributed by atoms with Crippen molar-refractivity contribution in [1.29, 1.82) is 0 Å². The molecular formula is C21H28N2O3S. The van der Waals surface area contributed by atoms with Gasteiger partial charge in [-0.1, -0.05) is 48.0 Å². The summed E-state index contributed by atoms with van der Waals surface area (Å²) < 4.78 is 25.7. The summed E-state index contributed by atoms with van der Waals surface area (Å²) in [5, 5.41) is 2.97. The number of carbonyl (C=O) groups excluding carboxylic acids is 1. The Morgan fingerprint density at radius 3 is 2.30 bits per heavy atom. The van der Waals surface area contributed by atoms with Crippen molar-refractivity contribution < 1.29 is 13.2 Å². The standard InChI is InChI=1S/C21H28N2O3S/c1-16-11-13-19(14-12-16)18(3)22-21(24)10-7-15-23(27(4,25)26)20-9-6-5-8-17(20)2/h5-6,8-9,11-14,18H,7,10,15H2,1-4H3,(H,22,24)/t18-/m1/s1. The van der Waals surface area contributed by atoms with E-state index in [0.29, 0.717) is 12.1 Å². The molecule has 0 saturated carbocycles. The zero-order chi connectivity index (χ0) is 20.0. The van der Waals surface area contributed by atoms with Gasteiger partial charge in [-0.3, -0.25) is 9.10 Å². The lowest BCUT2D eigenvalue weighted by Crippen LogP contribution is -2.33. The van der Waals surface area contributed by atoms with Gasteiger partial charge in [0.15, 0.2) is 0 Å². The van der Waals surface area contributed by atoms with Gasteiger partial charge in [-0.25, -0.2) is 8.42 Å². The normalized spacial score (nSPS) is 12.4. The monoisotopic (exact) mass is 388 g/mol. The molecule has 0 heterocycles. The van der Waals surface area contributed by atoms with Gasteiger partial charge in [0.2, 0.25) is 15.9 Å². The highest BCUT2D eigenvalue weighted by molar-refractivity contribution is 7.92. The number of nitrogens with zero attached hydrogens (tertiary/aromatic N) is 1. The number of sulfonamides is 1. The Kier molecular flexibility index (Phi) is 7.02. The number of rotatable bonds is 8. The predicted molar refractivity (Wildman–Crippen MR) is 110 cm³/mol. The lowest BCUT2D eigenvalue weighted by Gasteiger charge is -2.24. The first-order valence-corrected chi connectivity index (χ1v) is 10.9. The molecular weight excluding hydrogens is 360 g/mol. The van der Waals surface area contributed by atoms with Crippen molar-refractivity contribution in [2.24, 2.45) is 0 Å². The second-order valence-electron chi connectivity index (χ2n) is 6.93. The number of aryl methyl sites for hydroxylation is 2. The van der Waals surface area contributed by atoms with Gasteiger partial charge in [0.1, 0.15) is 0 Å². The molecule has 0 bridgehead atoms. The number of carbonyl (C=O) groups is 1. The molecule has 0 fully saturated rings. The lowest BCUT2D eigenvalue weighted by molar-refractivity contribution is -0.121. The van der Waals surface area contributed by atoms with Crippen LogP contribution in [0.25, 0.3) is 0 Å². The maximum atomic E-state index is 12.2. The first-order valence-electron chi connectivity index (χ1n) is 9.08.